The molecular weight excluding hydrogens is 271 g/mol. The van der Waals surface area contributed by atoms with Gasteiger partial charge in [-0.05, 0) is 18.2 Å². The van der Waals surface area contributed by atoms with Gasteiger partial charge in [-0.1, -0.05) is 30.3 Å². The van der Waals surface area contributed by atoms with Gasteiger partial charge in [0.2, 0.25) is 0 Å². The number of amidine groups is 1. The molecule has 0 radical (unpaired) electrons. The molecule has 0 fully saturated rings. The maximum Gasteiger partial charge on any atom is 0.139 e. The fraction of sp³-hybridized carbons (Fsp3) is 0.188. The molecule has 0 saturated heterocycles. The van der Waals surface area contributed by atoms with Crippen molar-refractivity contribution in [2.24, 2.45) is 5.73 Å². The Labute approximate surface area is 122 Å². The highest BCUT2D eigenvalue weighted by Crippen LogP contribution is 2.13. The first-order chi connectivity index (χ1) is 10.2. The van der Waals surface area contributed by atoms with Gasteiger partial charge in [-0.2, -0.15) is 0 Å². The molecular formula is C16H17FN2O2. The van der Waals surface area contributed by atoms with Crippen LogP contribution in [0.2, 0.25) is 0 Å². The van der Waals surface area contributed by atoms with Crippen molar-refractivity contribution in [2.75, 3.05) is 13.2 Å². The zero-order valence-corrected chi connectivity index (χ0v) is 11.5. The number of benzene rings is 2. The summed E-state index contributed by atoms with van der Waals surface area (Å²) in [6, 6.07) is 14.1. The standard InChI is InChI=1S/C16H17FN2O2/c17-15-12(5-4-8-14(15)16(18)19)11-20-9-10-21-13-6-2-1-3-7-13/h1-8H,9-11H2,(H3,18,19). The van der Waals surface area contributed by atoms with E-state index in [2.05, 4.69) is 0 Å². The molecule has 4 nitrogen and oxygen atoms in total. The highest BCUT2D eigenvalue weighted by atomic mass is 19.1. The Balaban J connectivity index is 1.79. The second-order valence-corrected chi connectivity index (χ2v) is 4.41. The maximum atomic E-state index is 14.0. The van der Waals surface area contributed by atoms with E-state index in [0.717, 1.165) is 5.75 Å². The van der Waals surface area contributed by atoms with Crippen molar-refractivity contribution in [3.63, 3.8) is 0 Å². The lowest BCUT2D eigenvalue weighted by atomic mass is 10.1. The van der Waals surface area contributed by atoms with Crippen molar-refractivity contribution >= 4 is 5.84 Å². The summed E-state index contributed by atoms with van der Waals surface area (Å²) in [5, 5.41) is 7.29. The molecule has 0 bridgehead atoms. The molecule has 0 spiro atoms. The normalized spacial score (nSPS) is 10.3. The van der Waals surface area contributed by atoms with E-state index in [1.165, 1.54) is 6.07 Å². The molecule has 0 unspecified atom stereocenters. The Hall–Kier alpha value is -2.40. The quantitative estimate of drug-likeness (QED) is 0.467. The van der Waals surface area contributed by atoms with Crippen LogP contribution in [0, 0.1) is 11.2 Å². The number of nitrogen functional groups attached to an aromatic ring is 1. The molecule has 2 rings (SSSR count). The zero-order valence-electron chi connectivity index (χ0n) is 11.5. The molecule has 0 amide bonds. The molecule has 0 aliphatic rings. The fourth-order valence-electron chi connectivity index (χ4n) is 1.82. The number of ether oxygens (including phenoxy) is 2. The van der Waals surface area contributed by atoms with Gasteiger partial charge in [-0.25, -0.2) is 4.39 Å². The molecule has 0 heterocycles. The third kappa shape index (κ3) is 4.29. The number of para-hydroxylation sites is 1. The monoisotopic (exact) mass is 288 g/mol. The molecule has 0 aromatic heterocycles. The second-order valence-electron chi connectivity index (χ2n) is 4.41. The lowest BCUT2D eigenvalue weighted by molar-refractivity contribution is 0.0871. The van der Waals surface area contributed by atoms with Crippen LogP contribution >= 0.6 is 0 Å². The number of rotatable bonds is 7. The average molecular weight is 288 g/mol. The lowest BCUT2D eigenvalue weighted by Crippen LogP contribution is -2.15. The topological polar surface area (TPSA) is 68.3 Å². The number of nitrogens with two attached hydrogens (primary N) is 1. The molecule has 2 aromatic rings. The second kappa shape index (κ2) is 7.40. The summed E-state index contributed by atoms with van der Waals surface area (Å²) in [5.74, 6) is -0.0263. The third-order valence-corrected chi connectivity index (χ3v) is 2.87. The summed E-state index contributed by atoms with van der Waals surface area (Å²) in [5.41, 5.74) is 5.78. The van der Waals surface area contributed by atoms with Crippen LogP contribution in [0.4, 0.5) is 4.39 Å². The summed E-state index contributed by atoms with van der Waals surface area (Å²) >= 11 is 0. The van der Waals surface area contributed by atoms with Crippen LogP contribution in [-0.4, -0.2) is 19.0 Å². The van der Waals surface area contributed by atoms with Crippen LogP contribution in [0.15, 0.2) is 48.5 Å². The summed E-state index contributed by atoms with van der Waals surface area (Å²) in [7, 11) is 0. The fourth-order valence-corrected chi connectivity index (χ4v) is 1.82. The van der Waals surface area contributed by atoms with Gasteiger partial charge in [0.25, 0.3) is 0 Å². The Bertz CT molecular complexity index is 602. The van der Waals surface area contributed by atoms with Gasteiger partial charge >= 0.3 is 0 Å². The molecule has 2 aromatic carbocycles. The number of halogens is 1. The van der Waals surface area contributed by atoms with Gasteiger partial charge in [0.05, 0.1) is 18.8 Å². The lowest BCUT2D eigenvalue weighted by Gasteiger charge is -2.09. The number of nitrogens with one attached hydrogen (secondary N) is 1. The van der Waals surface area contributed by atoms with Gasteiger partial charge < -0.3 is 15.2 Å². The highest BCUT2D eigenvalue weighted by Gasteiger charge is 2.09. The summed E-state index contributed by atoms with van der Waals surface area (Å²) in [6.45, 7) is 0.849. The van der Waals surface area contributed by atoms with E-state index in [-0.39, 0.29) is 18.0 Å². The van der Waals surface area contributed by atoms with Crippen LogP contribution in [0.3, 0.4) is 0 Å². The van der Waals surface area contributed by atoms with Crippen LogP contribution in [0.5, 0.6) is 5.75 Å². The van der Waals surface area contributed by atoms with E-state index in [0.29, 0.717) is 18.8 Å². The van der Waals surface area contributed by atoms with Gasteiger partial charge in [0.15, 0.2) is 0 Å². The van der Waals surface area contributed by atoms with E-state index < -0.39 is 5.82 Å². The zero-order chi connectivity index (χ0) is 15.1. The van der Waals surface area contributed by atoms with E-state index in [1.54, 1.807) is 12.1 Å². The minimum absolute atomic E-state index is 0.0941. The molecule has 0 aliphatic heterocycles. The Morgan fingerprint density at radius 2 is 1.81 bits per heavy atom. The predicted octanol–water partition coefficient (Wildman–Crippen LogP) is 2.71. The van der Waals surface area contributed by atoms with Crippen molar-refractivity contribution in [3.05, 3.63) is 65.5 Å². The Morgan fingerprint density at radius 3 is 2.52 bits per heavy atom. The number of hydrogen-bond acceptors (Lipinski definition) is 3. The first-order valence-corrected chi connectivity index (χ1v) is 6.56. The van der Waals surface area contributed by atoms with Gasteiger partial charge in [0, 0.05) is 5.56 Å². The molecule has 0 atom stereocenters. The van der Waals surface area contributed by atoms with Gasteiger partial charge in [-0.15, -0.1) is 0 Å². The predicted molar refractivity (Wildman–Crippen MR) is 79.0 cm³/mol. The molecule has 3 N–H and O–H groups in total. The van der Waals surface area contributed by atoms with E-state index in [1.807, 2.05) is 30.3 Å². The molecule has 0 saturated carbocycles. The largest absolute Gasteiger partial charge is 0.491 e. The van der Waals surface area contributed by atoms with Crippen LogP contribution in [0.1, 0.15) is 11.1 Å². The number of hydrogen-bond donors (Lipinski definition) is 2. The van der Waals surface area contributed by atoms with Crippen molar-refractivity contribution in [3.8, 4) is 5.75 Å². The van der Waals surface area contributed by atoms with Crippen molar-refractivity contribution in [2.45, 2.75) is 6.61 Å². The van der Waals surface area contributed by atoms with Crippen LogP contribution < -0.4 is 10.5 Å². The van der Waals surface area contributed by atoms with Gasteiger partial charge in [0.1, 0.15) is 24.0 Å². The summed E-state index contributed by atoms with van der Waals surface area (Å²) in [6.07, 6.45) is 0. The van der Waals surface area contributed by atoms with E-state index in [4.69, 9.17) is 20.6 Å². The van der Waals surface area contributed by atoms with E-state index >= 15 is 0 Å². The van der Waals surface area contributed by atoms with Crippen molar-refractivity contribution in [1.29, 1.82) is 5.41 Å². The minimum Gasteiger partial charge on any atom is -0.491 e. The maximum absolute atomic E-state index is 14.0. The smallest absolute Gasteiger partial charge is 0.139 e. The molecule has 0 aliphatic carbocycles. The van der Waals surface area contributed by atoms with E-state index in [9.17, 15) is 4.39 Å². The molecule has 21 heavy (non-hydrogen) atoms. The molecule has 5 heteroatoms. The van der Waals surface area contributed by atoms with Crippen molar-refractivity contribution in [1.82, 2.24) is 0 Å². The Morgan fingerprint density at radius 1 is 1.05 bits per heavy atom. The first kappa shape index (κ1) is 15.0. The summed E-state index contributed by atoms with van der Waals surface area (Å²) < 4.78 is 24.8. The highest BCUT2D eigenvalue weighted by molar-refractivity contribution is 5.95. The average Bonchev–Trinajstić information content (AvgIpc) is 2.49. The van der Waals surface area contributed by atoms with Crippen LogP contribution in [-0.2, 0) is 11.3 Å². The van der Waals surface area contributed by atoms with Crippen molar-refractivity contribution < 1.29 is 13.9 Å². The summed E-state index contributed by atoms with van der Waals surface area (Å²) in [4.78, 5) is 0. The third-order valence-electron chi connectivity index (χ3n) is 2.87. The van der Waals surface area contributed by atoms with Crippen LogP contribution in [0.25, 0.3) is 0 Å². The first-order valence-electron chi connectivity index (χ1n) is 6.56. The SMILES string of the molecule is N=C(N)c1cccc(COCCOc2ccccc2)c1F. The minimum atomic E-state index is -0.506. The van der Waals surface area contributed by atoms with Gasteiger partial charge in [-0.3, -0.25) is 5.41 Å². The Kier molecular flexibility index (Phi) is 5.29. The molecule has 110 valence electrons.